The predicted octanol–water partition coefficient (Wildman–Crippen LogP) is 4.04. The fraction of sp³-hybridized carbons (Fsp3) is 0.316. The number of guanidine groups is 1. The number of aliphatic imine (C=N–C) groups is 1. The number of nitro groups is 1. The molecule has 0 unspecified atom stereocenters. The van der Waals surface area contributed by atoms with Gasteiger partial charge in [-0.3, -0.25) is 15.1 Å². The number of nitro benzene ring substituents is 1. The van der Waals surface area contributed by atoms with E-state index in [9.17, 15) is 14.5 Å². The van der Waals surface area contributed by atoms with Crippen molar-refractivity contribution in [3.63, 3.8) is 0 Å². The van der Waals surface area contributed by atoms with Crippen molar-refractivity contribution in [1.82, 2.24) is 10.6 Å². The van der Waals surface area contributed by atoms with Gasteiger partial charge in [0.2, 0.25) is 0 Å². The molecule has 0 atom stereocenters. The fourth-order valence-electron chi connectivity index (χ4n) is 2.49. The normalized spacial score (nSPS) is 10.8. The van der Waals surface area contributed by atoms with Crippen LogP contribution in [0.25, 0.3) is 0 Å². The van der Waals surface area contributed by atoms with E-state index in [0.29, 0.717) is 18.1 Å². The maximum atomic E-state index is 13.6. The minimum Gasteiger partial charge on any atom is -0.356 e. The second-order valence-electron chi connectivity index (χ2n) is 5.82. The summed E-state index contributed by atoms with van der Waals surface area (Å²) in [6.07, 6.45) is 2.74. The number of hydrogen-bond donors (Lipinski definition) is 2. The van der Waals surface area contributed by atoms with Crippen LogP contribution in [-0.2, 0) is 13.0 Å². The molecule has 0 heterocycles. The number of rotatable bonds is 8. The summed E-state index contributed by atoms with van der Waals surface area (Å²) in [6.45, 7) is 1.11. The lowest BCUT2D eigenvalue weighted by molar-refractivity contribution is -0.384. The number of aryl methyl sites for hydroxylation is 1. The Labute approximate surface area is 175 Å². The number of non-ortho nitro benzene ring substituents is 1. The highest BCUT2D eigenvalue weighted by Gasteiger charge is 2.04. The molecule has 0 aliphatic rings. The van der Waals surface area contributed by atoms with Gasteiger partial charge in [0, 0.05) is 37.8 Å². The lowest BCUT2D eigenvalue weighted by Crippen LogP contribution is -2.37. The first-order chi connectivity index (χ1) is 12.6. The standard InChI is InChI=1S/C19H23FN4O2.HI/c1-21-19(23-14-16-7-2-3-8-18(16)20)22-13-5-4-6-15-9-11-17(12-10-15)24(25)26;/h2-3,7-12H,4-6,13-14H2,1H3,(H2,21,22,23);1H. The van der Waals surface area contributed by atoms with Crippen molar-refractivity contribution in [1.29, 1.82) is 0 Å². The Bertz CT molecular complexity index is 754. The number of nitrogens with zero attached hydrogens (tertiary/aromatic N) is 2. The Kier molecular flexibility index (Phi) is 10.3. The topological polar surface area (TPSA) is 79.6 Å². The zero-order valence-electron chi connectivity index (χ0n) is 15.2. The van der Waals surface area contributed by atoms with Crippen LogP contribution in [0, 0.1) is 15.9 Å². The van der Waals surface area contributed by atoms with Gasteiger partial charge >= 0.3 is 0 Å². The third kappa shape index (κ3) is 7.90. The van der Waals surface area contributed by atoms with Crippen LogP contribution in [0.2, 0.25) is 0 Å². The Hall–Kier alpha value is -2.23. The van der Waals surface area contributed by atoms with E-state index in [0.717, 1.165) is 31.4 Å². The average molecular weight is 486 g/mol. The van der Waals surface area contributed by atoms with Gasteiger partial charge in [-0.25, -0.2) is 4.39 Å². The molecule has 0 aliphatic heterocycles. The Morgan fingerprint density at radius 2 is 1.81 bits per heavy atom. The Morgan fingerprint density at radius 3 is 2.44 bits per heavy atom. The summed E-state index contributed by atoms with van der Waals surface area (Å²) in [7, 11) is 1.67. The molecular weight excluding hydrogens is 462 g/mol. The first-order valence-electron chi connectivity index (χ1n) is 8.51. The first kappa shape index (κ1) is 22.8. The summed E-state index contributed by atoms with van der Waals surface area (Å²) < 4.78 is 13.6. The molecule has 146 valence electrons. The van der Waals surface area contributed by atoms with E-state index in [-0.39, 0.29) is 35.5 Å². The van der Waals surface area contributed by atoms with E-state index in [1.165, 1.54) is 18.2 Å². The van der Waals surface area contributed by atoms with Crippen LogP contribution in [0.5, 0.6) is 0 Å². The minimum atomic E-state index is -0.395. The molecule has 0 saturated heterocycles. The number of nitrogens with one attached hydrogen (secondary N) is 2. The van der Waals surface area contributed by atoms with Gasteiger partial charge in [0.25, 0.3) is 5.69 Å². The molecule has 2 aromatic carbocycles. The largest absolute Gasteiger partial charge is 0.356 e. The summed E-state index contributed by atoms with van der Waals surface area (Å²) in [5, 5.41) is 16.9. The quantitative estimate of drug-likeness (QED) is 0.148. The molecule has 6 nitrogen and oxygen atoms in total. The molecule has 27 heavy (non-hydrogen) atoms. The zero-order valence-corrected chi connectivity index (χ0v) is 17.5. The maximum Gasteiger partial charge on any atom is 0.269 e. The molecule has 2 rings (SSSR count). The SMILES string of the molecule is CN=C(NCCCCc1ccc([N+](=O)[O-])cc1)NCc1ccccc1F.I. The molecule has 0 radical (unpaired) electrons. The summed E-state index contributed by atoms with van der Waals surface area (Å²) in [5.41, 5.74) is 1.78. The third-order valence-corrected chi connectivity index (χ3v) is 3.96. The van der Waals surface area contributed by atoms with Gasteiger partial charge in [-0.1, -0.05) is 30.3 Å². The second kappa shape index (κ2) is 12.2. The average Bonchev–Trinajstić information content (AvgIpc) is 2.65. The number of unbranched alkanes of at least 4 members (excludes halogenated alkanes) is 1. The monoisotopic (exact) mass is 486 g/mol. The smallest absolute Gasteiger partial charge is 0.269 e. The maximum absolute atomic E-state index is 13.6. The van der Waals surface area contributed by atoms with Gasteiger partial charge in [-0.05, 0) is 30.9 Å². The van der Waals surface area contributed by atoms with Crippen LogP contribution in [0.15, 0.2) is 53.5 Å². The van der Waals surface area contributed by atoms with Crippen molar-refractivity contribution in [3.05, 3.63) is 75.6 Å². The first-order valence-corrected chi connectivity index (χ1v) is 8.51. The molecule has 0 bridgehead atoms. The van der Waals surface area contributed by atoms with E-state index in [2.05, 4.69) is 15.6 Å². The van der Waals surface area contributed by atoms with Crippen LogP contribution in [-0.4, -0.2) is 24.5 Å². The molecule has 0 saturated carbocycles. The van der Waals surface area contributed by atoms with Crippen molar-refractivity contribution in [2.24, 2.45) is 4.99 Å². The predicted molar refractivity (Wildman–Crippen MR) is 116 cm³/mol. The summed E-state index contributed by atoms with van der Waals surface area (Å²) in [4.78, 5) is 14.4. The number of benzene rings is 2. The molecule has 0 fully saturated rings. The molecule has 0 aliphatic carbocycles. The lowest BCUT2D eigenvalue weighted by atomic mass is 10.1. The van der Waals surface area contributed by atoms with E-state index in [1.54, 1.807) is 37.4 Å². The summed E-state index contributed by atoms with van der Waals surface area (Å²) in [6, 6.07) is 13.3. The van der Waals surface area contributed by atoms with Gasteiger partial charge in [0.15, 0.2) is 5.96 Å². The van der Waals surface area contributed by atoms with Crippen molar-refractivity contribution in [3.8, 4) is 0 Å². The van der Waals surface area contributed by atoms with Gasteiger partial charge in [-0.15, -0.1) is 24.0 Å². The van der Waals surface area contributed by atoms with E-state index in [4.69, 9.17) is 0 Å². The van der Waals surface area contributed by atoms with Gasteiger partial charge < -0.3 is 10.6 Å². The molecular formula is C19H24FIN4O2. The molecule has 2 aromatic rings. The van der Waals surface area contributed by atoms with Crippen LogP contribution < -0.4 is 10.6 Å². The Balaban J connectivity index is 0.00000364. The Morgan fingerprint density at radius 1 is 1.11 bits per heavy atom. The van der Waals surface area contributed by atoms with Crippen molar-refractivity contribution in [2.45, 2.75) is 25.8 Å². The van der Waals surface area contributed by atoms with Crippen LogP contribution in [0.4, 0.5) is 10.1 Å². The highest BCUT2D eigenvalue weighted by atomic mass is 127. The van der Waals surface area contributed by atoms with Gasteiger partial charge in [0.05, 0.1) is 4.92 Å². The van der Waals surface area contributed by atoms with E-state index < -0.39 is 4.92 Å². The van der Waals surface area contributed by atoms with Crippen molar-refractivity contribution >= 4 is 35.6 Å². The zero-order chi connectivity index (χ0) is 18.8. The minimum absolute atomic E-state index is 0. The third-order valence-electron chi connectivity index (χ3n) is 3.96. The molecule has 0 amide bonds. The van der Waals surface area contributed by atoms with Crippen LogP contribution >= 0.6 is 24.0 Å². The van der Waals surface area contributed by atoms with Crippen molar-refractivity contribution < 1.29 is 9.31 Å². The highest BCUT2D eigenvalue weighted by molar-refractivity contribution is 14.0. The van der Waals surface area contributed by atoms with Gasteiger partial charge in [-0.2, -0.15) is 0 Å². The summed E-state index contributed by atoms with van der Waals surface area (Å²) in [5.74, 6) is 0.391. The second-order valence-corrected chi connectivity index (χ2v) is 5.82. The van der Waals surface area contributed by atoms with Crippen molar-refractivity contribution in [2.75, 3.05) is 13.6 Å². The van der Waals surface area contributed by atoms with Gasteiger partial charge in [0.1, 0.15) is 5.82 Å². The molecule has 2 N–H and O–H groups in total. The molecule has 8 heteroatoms. The van der Waals surface area contributed by atoms with Crippen LogP contribution in [0.3, 0.4) is 0 Å². The van der Waals surface area contributed by atoms with E-state index >= 15 is 0 Å². The fourth-order valence-corrected chi connectivity index (χ4v) is 2.49. The summed E-state index contributed by atoms with van der Waals surface area (Å²) >= 11 is 0. The number of hydrogen-bond acceptors (Lipinski definition) is 3. The molecule has 0 spiro atoms. The van der Waals surface area contributed by atoms with Crippen LogP contribution in [0.1, 0.15) is 24.0 Å². The van der Waals surface area contributed by atoms with E-state index in [1.807, 2.05) is 0 Å². The lowest BCUT2D eigenvalue weighted by Gasteiger charge is -2.12. The highest BCUT2D eigenvalue weighted by Crippen LogP contribution is 2.13. The number of halogens is 2. The molecule has 0 aromatic heterocycles.